The molecule has 2 aromatic rings. The van der Waals surface area contributed by atoms with Gasteiger partial charge in [-0.2, -0.15) is 0 Å². The maximum Gasteiger partial charge on any atom is 0.177 e. The van der Waals surface area contributed by atoms with Gasteiger partial charge in [-0.05, 0) is 35.3 Å². The van der Waals surface area contributed by atoms with E-state index in [1.54, 1.807) is 13.3 Å². The molecule has 16 heavy (non-hydrogen) atoms. The van der Waals surface area contributed by atoms with Crippen LogP contribution in [0.5, 0.6) is 0 Å². The molecule has 0 aromatic carbocycles. The van der Waals surface area contributed by atoms with Crippen molar-refractivity contribution in [1.82, 2.24) is 15.0 Å². The highest BCUT2D eigenvalue weighted by Gasteiger charge is 2.06. The van der Waals surface area contributed by atoms with Crippen molar-refractivity contribution in [2.75, 3.05) is 7.11 Å². The zero-order chi connectivity index (χ0) is 11.5. The average Bonchev–Trinajstić information content (AvgIpc) is 2.67. The van der Waals surface area contributed by atoms with Crippen molar-refractivity contribution in [1.29, 1.82) is 0 Å². The molecule has 0 fully saturated rings. The van der Waals surface area contributed by atoms with Crippen LogP contribution >= 0.6 is 15.9 Å². The van der Waals surface area contributed by atoms with Gasteiger partial charge in [0, 0.05) is 24.2 Å². The Morgan fingerprint density at radius 2 is 2.38 bits per heavy atom. The number of hydrogen-bond donors (Lipinski definition) is 1. The number of nitrogens with one attached hydrogen (secondary N) is 1. The van der Waals surface area contributed by atoms with Crippen molar-refractivity contribution >= 4 is 27.1 Å². The van der Waals surface area contributed by atoms with E-state index in [4.69, 9.17) is 4.74 Å². The number of halogens is 1. The molecule has 1 N–H and O–H groups in total. The smallest absolute Gasteiger partial charge is 0.177 e. The molecule has 0 aliphatic heterocycles. The third-order valence-corrected chi connectivity index (χ3v) is 2.98. The second-order valence-corrected chi connectivity index (χ2v) is 4.71. The lowest BCUT2D eigenvalue weighted by atomic mass is 10.2. The fourth-order valence-corrected chi connectivity index (χ4v) is 1.83. The summed E-state index contributed by atoms with van der Waals surface area (Å²) in [5.41, 5.74) is 1.73. The highest BCUT2D eigenvalue weighted by molar-refractivity contribution is 9.10. The normalized spacial score (nSPS) is 13.2. The molecular formula is C11H14BrN3O. The van der Waals surface area contributed by atoms with Crippen LogP contribution in [-0.4, -0.2) is 28.2 Å². The van der Waals surface area contributed by atoms with Gasteiger partial charge in [0.2, 0.25) is 0 Å². The minimum atomic E-state index is 0.257. The second kappa shape index (κ2) is 4.93. The largest absolute Gasteiger partial charge is 0.382 e. The van der Waals surface area contributed by atoms with Gasteiger partial charge >= 0.3 is 0 Å². The van der Waals surface area contributed by atoms with E-state index >= 15 is 0 Å². The molecule has 0 spiro atoms. The number of ether oxygens (including phenoxy) is 1. The Labute approximate surface area is 103 Å². The number of H-pyrrole nitrogens is 1. The van der Waals surface area contributed by atoms with E-state index in [0.29, 0.717) is 0 Å². The molecule has 0 aliphatic carbocycles. The van der Waals surface area contributed by atoms with E-state index < -0.39 is 0 Å². The first-order chi connectivity index (χ1) is 7.69. The van der Waals surface area contributed by atoms with E-state index in [1.807, 2.05) is 6.07 Å². The van der Waals surface area contributed by atoms with Gasteiger partial charge in [0.1, 0.15) is 5.82 Å². The average molecular weight is 284 g/mol. The van der Waals surface area contributed by atoms with E-state index in [2.05, 4.69) is 37.8 Å². The van der Waals surface area contributed by atoms with Crippen molar-refractivity contribution in [3.8, 4) is 0 Å². The summed E-state index contributed by atoms with van der Waals surface area (Å²) in [6.07, 6.45) is 3.85. The molecule has 1 unspecified atom stereocenters. The minimum Gasteiger partial charge on any atom is -0.382 e. The van der Waals surface area contributed by atoms with Crippen LogP contribution in [0.4, 0.5) is 0 Å². The molecule has 2 aromatic heterocycles. The zero-order valence-corrected chi connectivity index (χ0v) is 10.9. The first kappa shape index (κ1) is 11.5. The molecule has 0 radical (unpaired) electrons. The summed E-state index contributed by atoms with van der Waals surface area (Å²) in [6, 6.07) is 1.98. The SMILES string of the molecule is COC(C)CCc1nc2ncc(Br)cc2[nH]1. The minimum absolute atomic E-state index is 0.257. The fraction of sp³-hybridized carbons (Fsp3) is 0.455. The fourth-order valence-electron chi connectivity index (χ4n) is 1.50. The van der Waals surface area contributed by atoms with Gasteiger partial charge in [-0.15, -0.1) is 0 Å². The third kappa shape index (κ3) is 2.59. The number of methoxy groups -OCH3 is 1. The van der Waals surface area contributed by atoms with Crippen molar-refractivity contribution in [2.24, 2.45) is 0 Å². The second-order valence-electron chi connectivity index (χ2n) is 3.79. The van der Waals surface area contributed by atoms with Crippen LogP contribution in [0.1, 0.15) is 19.2 Å². The molecule has 0 saturated carbocycles. The molecule has 86 valence electrons. The van der Waals surface area contributed by atoms with E-state index in [9.17, 15) is 0 Å². The van der Waals surface area contributed by atoms with Crippen molar-refractivity contribution in [3.63, 3.8) is 0 Å². The number of aryl methyl sites for hydroxylation is 1. The number of aromatic nitrogens is 3. The number of imidazole rings is 1. The van der Waals surface area contributed by atoms with Gasteiger partial charge in [0.15, 0.2) is 5.65 Å². The van der Waals surface area contributed by atoms with Gasteiger partial charge in [-0.3, -0.25) is 0 Å². The summed E-state index contributed by atoms with van der Waals surface area (Å²) in [7, 11) is 1.72. The summed E-state index contributed by atoms with van der Waals surface area (Å²) in [6.45, 7) is 2.05. The van der Waals surface area contributed by atoms with Crippen LogP contribution < -0.4 is 0 Å². The Balaban J connectivity index is 2.13. The number of pyridine rings is 1. The van der Waals surface area contributed by atoms with Crippen LogP contribution in [0.2, 0.25) is 0 Å². The summed E-state index contributed by atoms with van der Waals surface area (Å²) in [5.74, 6) is 0.963. The summed E-state index contributed by atoms with van der Waals surface area (Å²) >= 11 is 3.38. The molecule has 0 amide bonds. The first-order valence-corrected chi connectivity index (χ1v) is 6.01. The number of fused-ring (bicyclic) bond motifs is 1. The molecular weight excluding hydrogens is 270 g/mol. The lowest BCUT2D eigenvalue weighted by molar-refractivity contribution is 0.111. The lowest BCUT2D eigenvalue weighted by Gasteiger charge is -2.06. The number of aromatic amines is 1. The third-order valence-electron chi connectivity index (χ3n) is 2.54. The highest BCUT2D eigenvalue weighted by Crippen LogP contribution is 2.15. The summed E-state index contributed by atoms with van der Waals surface area (Å²) in [5, 5.41) is 0. The molecule has 0 aliphatic rings. The lowest BCUT2D eigenvalue weighted by Crippen LogP contribution is -2.06. The van der Waals surface area contributed by atoms with Crippen molar-refractivity contribution < 1.29 is 4.74 Å². The van der Waals surface area contributed by atoms with Gasteiger partial charge < -0.3 is 9.72 Å². The molecule has 4 nitrogen and oxygen atoms in total. The summed E-state index contributed by atoms with van der Waals surface area (Å²) < 4.78 is 6.16. The van der Waals surface area contributed by atoms with Crippen LogP contribution in [0.25, 0.3) is 11.2 Å². The topological polar surface area (TPSA) is 50.8 Å². The Morgan fingerprint density at radius 1 is 1.56 bits per heavy atom. The molecule has 0 saturated heterocycles. The van der Waals surface area contributed by atoms with Gasteiger partial charge in [0.05, 0.1) is 11.6 Å². The monoisotopic (exact) mass is 283 g/mol. The molecule has 2 rings (SSSR count). The highest BCUT2D eigenvalue weighted by atomic mass is 79.9. The van der Waals surface area contributed by atoms with Gasteiger partial charge in [0.25, 0.3) is 0 Å². The maximum atomic E-state index is 5.20. The van der Waals surface area contributed by atoms with Crippen LogP contribution in [0.15, 0.2) is 16.7 Å². The Kier molecular flexibility index (Phi) is 3.56. The predicted molar refractivity (Wildman–Crippen MR) is 66.4 cm³/mol. The van der Waals surface area contributed by atoms with Crippen molar-refractivity contribution in [2.45, 2.75) is 25.9 Å². The van der Waals surface area contributed by atoms with Gasteiger partial charge in [-0.25, -0.2) is 9.97 Å². The van der Waals surface area contributed by atoms with Crippen molar-refractivity contribution in [3.05, 3.63) is 22.6 Å². The van der Waals surface area contributed by atoms with Crippen LogP contribution in [0.3, 0.4) is 0 Å². The van der Waals surface area contributed by atoms with E-state index in [-0.39, 0.29) is 6.10 Å². The number of nitrogens with zero attached hydrogens (tertiary/aromatic N) is 2. The molecule has 0 bridgehead atoms. The standard InChI is InChI=1S/C11H14BrN3O/c1-7(16-2)3-4-10-14-9-5-8(12)6-13-11(9)15-10/h5-7H,3-4H2,1-2H3,(H,13,14,15). The quantitative estimate of drug-likeness (QED) is 0.939. The Hall–Kier alpha value is -0.940. The Morgan fingerprint density at radius 3 is 3.12 bits per heavy atom. The summed E-state index contributed by atoms with van der Waals surface area (Å²) in [4.78, 5) is 11.9. The van der Waals surface area contributed by atoms with E-state index in [0.717, 1.165) is 34.3 Å². The zero-order valence-electron chi connectivity index (χ0n) is 9.33. The predicted octanol–water partition coefficient (Wildman–Crippen LogP) is 2.69. The van der Waals surface area contributed by atoms with Crippen LogP contribution in [0, 0.1) is 0 Å². The first-order valence-electron chi connectivity index (χ1n) is 5.22. The number of hydrogen-bond acceptors (Lipinski definition) is 3. The molecule has 1 atom stereocenters. The number of rotatable bonds is 4. The molecule has 5 heteroatoms. The van der Waals surface area contributed by atoms with Gasteiger partial charge in [-0.1, -0.05) is 0 Å². The van der Waals surface area contributed by atoms with Crippen LogP contribution in [-0.2, 0) is 11.2 Å². The van der Waals surface area contributed by atoms with E-state index in [1.165, 1.54) is 0 Å². The molecule has 2 heterocycles. The Bertz CT molecular complexity index is 483. The maximum absolute atomic E-state index is 5.20.